The molecule has 132 valence electrons. The highest BCUT2D eigenvalue weighted by Gasteiger charge is 2.16. The van der Waals surface area contributed by atoms with Crippen molar-refractivity contribution in [3.8, 4) is 0 Å². The molecule has 0 atom stereocenters. The quantitative estimate of drug-likeness (QED) is 0.408. The molecule has 1 saturated heterocycles. The van der Waals surface area contributed by atoms with Gasteiger partial charge in [0.05, 0.1) is 5.69 Å². The molecule has 4 rings (SSSR count). The highest BCUT2D eigenvalue weighted by Crippen LogP contribution is 2.35. The van der Waals surface area contributed by atoms with Crippen molar-refractivity contribution in [2.45, 2.75) is 12.8 Å². The van der Waals surface area contributed by atoms with Gasteiger partial charge >= 0.3 is 0 Å². The SMILES string of the molecule is CN(N=Cc1cccc[n+]1C)c1ccc(N2CCCC2)c2ccccc12. The Morgan fingerprint density at radius 3 is 2.46 bits per heavy atom. The summed E-state index contributed by atoms with van der Waals surface area (Å²) in [5, 5.41) is 9.19. The summed E-state index contributed by atoms with van der Waals surface area (Å²) in [7, 11) is 4.04. The van der Waals surface area contributed by atoms with Gasteiger partial charge in [0.2, 0.25) is 5.69 Å². The maximum Gasteiger partial charge on any atom is 0.225 e. The van der Waals surface area contributed by atoms with Crippen LogP contribution in [0, 0.1) is 0 Å². The summed E-state index contributed by atoms with van der Waals surface area (Å²) in [5.41, 5.74) is 3.53. The van der Waals surface area contributed by atoms with E-state index in [2.05, 4.69) is 57.0 Å². The van der Waals surface area contributed by atoms with E-state index in [0.29, 0.717) is 0 Å². The van der Waals surface area contributed by atoms with Crippen molar-refractivity contribution >= 4 is 28.4 Å². The highest BCUT2D eigenvalue weighted by atomic mass is 15.4. The largest absolute Gasteiger partial charge is 0.371 e. The summed E-state index contributed by atoms with van der Waals surface area (Å²) < 4.78 is 2.06. The minimum Gasteiger partial charge on any atom is -0.371 e. The van der Waals surface area contributed by atoms with Gasteiger partial charge in [0.25, 0.3) is 0 Å². The molecule has 1 aromatic heterocycles. The first kappa shape index (κ1) is 16.6. The molecule has 2 heterocycles. The Morgan fingerprint density at radius 1 is 0.962 bits per heavy atom. The zero-order chi connectivity index (χ0) is 17.9. The highest BCUT2D eigenvalue weighted by molar-refractivity contribution is 6.02. The van der Waals surface area contributed by atoms with Gasteiger partial charge in [-0.2, -0.15) is 5.10 Å². The summed E-state index contributed by atoms with van der Waals surface area (Å²) in [4.78, 5) is 2.50. The fourth-order valence-corrected chi connectivity index (χ4v) is 3.66. The second-order valence-corrected chi connectivity index (χ2v) is 6.85. The van der Waals surface area contributed by atoms with Crippen molar-refractivity contribution in [2.24, 2.45) is 12.1 Å². The van der Waals surface area contributed by atoms with Crippen molar-refractivity contribution in [1.29, 1.82) is 0 Å². The van der Waals surface area contributed by atoms with Crippen LogP contribution in [0.1, 0.15) is 18.5 Å². The molecule has 4 nitrogen and oxygen atoms in total. The molecule has 3 aromatic rings. The van der Waals surface area contributed by atoms with Crippen molar-refractivity contribution in [1.82, 2.24) is 0 Å². The van der Waals surface area contributed by atoms with E-state index in [0.717, 1.165) is 24.5 Å². The van der Waals surface area contributed by atoms with E-state index in [1.54, 1.807) is 0 Å². The van der Waals surface area contributed by atoms with Gasteiger partial charge in [0.1, 0.15) is 13.3 Å². The van der Waals surface area contributed by atoms with Gasteiger partial charge in [-0.3, -0.25) is 5.01 Å². The van der Waals surface area contributed by atoms with Gasteiger partial charge in [-0.1, -0.05) is 24.3 Å². The molecule has 0 spiro atoms. The Balaban J connectivity index is 1.70. The van der Waals surface area contributed by atoms with E-state index < -0.39 is 0 Å². The molecule has 0 radical (unpaired) electrons. The predicted molar refractivity (Wildman–Crippen MR) is 109 cm³/mol. The molecule has 1 aliphatic rings. The first-order chi connectivity index (χ1) is 12.7. The van der Waals surface area contributed by atoms with Crippen LogP contribution in [0.2, 0.25) is 0 Å². The number of aryl methyl sites for hydroxylation is 1. The van der Waals surface area contributed by atoms with Crippen molar-refractivity contribution in [3.63, 3.8) is 0 Å². The second-order valence-electron chi connectivity index (χ2n) is 6.85. The van der Waals surface area contributed by atoms with Crippen LogP contribution in [0.4, 0.5) is 11.4 Å². The first-order valence-electron chi connectivity index (χ1n) is 9.23. The van der Waals surface area contributed by atoms with Gasteiger partial charge < -0.3 is 4.90 Å². The fraction of sp³-hybridized carbons (Fsp3) is 0.273. The van der Waals surface area contributed by atoms with Crippen molar-refractivity contribution < 1.29 is 4.57 Å². The van der Waals surface area contributed by atoms with E-state index >= 15 is 0 Å². The lowest BCUT2D eigenvalue weighted by Gasteiger charge is -2.23. The molecule has 4 heteroatoms. The lowest BCUT2D eigenvalue weighted by Crippen LogP contribution is -2.32. The predicted octanol–water partition coefficient (Wildman–Crippen LogP) is 3.73. The summed E-state index contributed by atoms with van der Waals surface area (Å²) in [6.07, 6.45) is 6.51. The van der Waals surface area contributed by atoms with Crippen LogP contribution in [0.15, 0.2) is 65.9 Å². The standard InChI is InChI=1S/C22H25N4/c1-24-14-6-5-9-18(24)17-23-25(2)21-12-13-22(26-15-7-8-16-26)20-11-4-3-10-19(20)21/h3-6,9-14,17H,7-8,15-16H2,1-2H3/q+1. The summed E-state index contributed by atoms with van der Waals surface area (Å²) >= 11 is 0. The van der Waals surface area contributed by atoms with Crippen LogP contribution in [0.3, 0.4) is 0 Å². The van der Waals surface area contributed by atoms with E-state index in [1.807, 2.05) is 43.6 Å². The Bertz CT molecular complexity index is 942. The number of benzene rings is 2. The van der Waals surface area contributed by atoms with Crippen molar-refractivity contribution in [3.05, 3.63) is 66.5 Å². The number of hydrogen-bond acceptors (Lipinski definition) is 3. The van der Waals surface area contributed by atoms with E-state index in [1.165, 1.54) is 29.3 Å². The molecule has 0 unspecified atom stereocenters. The van der Waals surface area contributed by atoms with E-state index in [4.69, 9.17) is 0 Å². The number of fused-ring (bicyclic) bond motifs is 1. The molecular formula is C22H25N4+. The van der Waals surface area contributed by atoms with Gasteiger partial charge in [0.15, 0.2) is 6.20 Å². The Morgan fingerprint density at radius 2 is 1.69 bits per heavy atom. The number of nitrogens with zero attached hydrogens (tertiary/aromatic N) is 4. The topological polar surface area (TPSA) is 22.7 Å². The number of hydrazone groups is 1. The van der Waals surface area contributed by atoms with Gasteiger partial charge in [-0.15, -0.1) is 0 Å². The van der Waals surface area contributed by atoms with Gasteiger partial charge in [-0.05, 0) is 31.0 Å². The van der Waals surface area contributed by atoms with Crippen LogP contribution in [-0.2, 0) is 7.05 Å². The third kappa shape index (κ3) is 3.15. The summed E-state index contributed by atoms with van der Waals surface area (Å²) in [6.45, 7) is 2.31. The zero-order valence-corrected chi connectivity index (χ0v) is 15.5. The third-order valence-electron chi connectivity index (χ3n) is 5.13. The molecule has 0 saturated carbocycles. The molecule has 0 amide bonds. The number of rotatable bonds is 4. The molecule has 1 fully saturated rings. The Kier molecular flexibility index (Phi) is 4.57. The molecule has 26 heavy (non-hydrogen) atoms. The monoisotopic (exact) mass is 345 g/mol. The van der Waals surface area contributed by atoms with E-state index in [9.17, 15) is 0 Å². The third-order valence-corrected chi connectivity index (χ3v) is 5.13. The van der Waals surface area contributed by atoms with E-state index in [-0.39, 0.29) is 0 Å². The Hall–Kier alpha value is -2.88. The first-order valence-corrected chi connectivity index (χ1v) is 9.23. The van der Waals surface area contributed by atoms with Crippen molar-refractivity contribution in [2.75, 3.05) is 30.0 Å². The number of aromatic nitrogens is 1. The number of anilines is 2. The molecule has 0 aliphatic carbocycles. The normalized spacial score (nSPS) is 14.5. The molecule has 2 aromatic carbocycles. The van der Waals surface area contributed by atoms with Gasteiger partial charge in [-0.25, -0.2) is 4.57 Å². The summed E-state index contributed by atoms with van der Waals surface area (Å²) in [6, 6.07) is 19.2. The molecule has 0 N–H and O–H groups in total. The van der Waals surface area contributed by atoms with Crippen LogP contribution in [0.5, 0.6) is 0 Å². The fourth-order valence-electron chi connectivity index (χ4n) is 3.66. The van der Waals surface area contributed by atoms with Crippen LogP contribution < -0.4 is 14.5 Å². The summed E-state index contributed by atoms with van der Waals surface area (Å²) in [5.74, 6) is 0. The van der Waals surface area contributed by atoms with Gasteiger partial charge in [0, 0.05) is 48.7 Å². The lowest BCUT2D eigenvalue weighted by molar-refractivity contribution is -0.672. The molecule has 0 bridgehead atoms. The molecule has 1 aliphatic heterocycles. The minimum absolute atomic E-state index is 1.07. The minimum atomic E-state index is 1.07. The van der Waals surface area contributed by atoms with Crippen LogP contribution in [-0.4, -0.2) is 26.4 Å². The number of hydrogen-bond donors (Lipinski definition) is 0. The molecular weight excluding hydrogens is 320 g/mol. The smallest absolute Gasteiger partial charge is 0.225 e. The van der Waals surface area contributed by atoms with Crippen LogP contribution >= 0.6 is 0 Å². The second kappa shape index (κ2) is 7.16. The average molecular weight is 345 g/mol. The van der Waals surface area contributed by atoms with Crippen LogP contribution in [0.25, 0.3) is 10.8 Å². The average Bonchev–Trinajstić information content (AvgIpc) is 3.21. The maximum absolute atomic E-state index is 4.68. The zero-order valence-electron chi connectivity index (χ0n) is 15.5. The lowest BCUT2D eigenvalue weighted by atomic mass is 10.1. The maximum atomic E-state index is 4.68. The Labute approximate surface area is 155 Å². The number of pyridine rings is 1.